The molecule has 0 radical (unpaired) electrons. The van der Waals surface area contributed by atoms with Gasteiger partial charge in [0, 0.05) is 12.0 Å². The van der Waals surface area contributed by atoms with Crippen LogP contribution >= 0.6 is 0 Å². The molecule has 1 atom stereocenters. The van der Waals surface area contributed by atoms with E-state index >= 15 is 0 Å². The lowest BCUT2D eigenvalue weighted by atomic mass is 9.80. The molecule has 100 valence electrons. The molecule has 1 aromatic rings. The lowest BCUT2D eigenvalue weighted by molar-refractivity contribution is 0.0114. The highest BCUT2D eigenvalue weighted by Crippen LogP contribution is 2.41. The molecule has 2 nitrogen and oxygen atoms in total. The first kappa shape index (κ1) is 13.4. The average Bonchev–Trinajstić information content (AvgIpc) is 2.27. The third kappa shape index (κ3) is 2.39. The molecule has 1 aliphatic heterocycles. The summed E-state index contributed by atoms with van der Waals surface area (Å²) in [6.45, 7) is 10.7. The fourth-order valence-corrected chi connectivity index (χ4v) is 2.44. The molecule has 2 rings (SSSR count). The van der Waals surface area contributed by atoms with Gasteiger partial charge in [0.2, 0.25) is 0 Å². The lowest BCUT2D eigenvalue weighted by Crippen LogP contribution is -2.35. The molecule has 0 fully saturated rings. The van der Waals surface area contributed by atoms with Crippen molar-refractivity contribution in [1.82, 2.24) is 0 Å². The van der Waals surface area contributed by atoms with Crippen LogP contribution < -0.4 is 4.74 Å². The van der Waals surface area contributed by atoms with Crippen LogP contribution in [-0.4, -0.2) is 10.7 Å². The van der Waals surface area contributed by atoms with Gasteiger partial charge in [-0.05, 0) is 43.4 Å². The summed E-state index contributed by atoms with van der Waals surface area (Å²) in [6, 6.07) is 6.24. The second kappa shape index (κ2) is 4.27. The maximum Gasteiger partial charge on any atom is 0.125 e. The zero-order chi connectivity index (χ0) is 13.6. The monoisotopic (exact) mass is 248 g/mol. The standard InChI is InChI=1S/C16H24O2/c1-6-15(2,3)11-7-8-14-12(9-11)13(17)10-16(4,5)18-14/h7-9,13,17H,6,10H2,1-5H3. The molecule has 0 aromatic heterocycles. The normalized spacial score (nSPS) is 22.2. The predicted molar refractivity (Wildman–Crippen MR) is 74.0 cm³/mol. The van der Waals surface area contributed by atoms with Crippen molar-refractivity contribution in [3.63, 3.8) is 0 Å². The first-order chi connectivity index (χ1) is 8.25. The Bertz CT molecular complexity index is 446. The van der Waals surface area contributed by atoms with Gasteiger partial charge in [-0.15, -0.1) is 0 Å². The molecule has 0 amide bonds. The third-order valence-electron chi connectivity index (χ3n) is 4.11. The molecule has 18 heavy (non-hydrogen) atoms. The zero-order valence-electron chi connectivity index (χ0n) is 12.1. The number of ether oxygens (including phenoxy) is 1. The second-order valence-corrected chi connectivity index (χ2v) is 6.57. The maximum atomic E-state index is 10.3. The van der Waals surface area contributed by atoms with Crippen molar-refractivity contribution in [2.75, 3.05) is 0 Å². The topological polar surface area (TPSA) is 29.5 Å². The number of hydrogen-bond donors (Lipinski definition) is 1. The summed E-state index contributed by atoms with van der Waals surface area (Å²) >= 11 is 0. The molecule has 1 aliphatic rings. The smallest absolute Gasteiger partial charge is 0.125 e. The molecule has 0 aliphatic carbocycles. The second-order valence-electron chi connectivity index (χ2n) is 6.57. The van der Waals surface area contributed by atoms with E-state index in [4.69, 9.17) is 4.74 Å². The van der Waals surface area contributed by atoms with Crippen molar-refractivity contribution in [2.24, 2.45) is 0 Å². The summed E-state index contributed by atoms with van der Waals surface area (Å²) in [6.07, 6.45) is 1.31. The molecule has 1 N–H and O–H groups in total. The minimum Gasteiger partial charge on any atom is -0.487 e. The van der Waals surface area contributed by atoms with Gasteiger partial charge in [-0.2, -0.15) is 0 Å². The van der Waals surface area contributed by atoms with Crippen molar-refractivity contribution in [1.29, 1.82) is 0 Å². The van der Waals surface area contributed by atoms with Crippen molar-refractivity contribution < 1.29 is 9.84 Å². The Balaban J connectivity index is 2.42. The molecule has 0 bridgehead atoms. The minimum absolute atomic E-state index is 0.141. The van der Waals surface area contributed by atoms with Crippen LogP contribution in [0.25, 0.3) is 0 Å². The fourth-order valence-electron chi connectivity index (χ4n) is 2.44. The van der Waals surface area contributed by atoms with Crippen molar-refractivity contribution >= 4 is 0 Å². The molecule has 1 aromatic carbocycles. The molecule has 2 heteroatoms. The highest BCUT2D eigenvalue weighted by Gasteiger charge is 2.33. The van der Waals surface area contributed by atoms with Crippen molar-refractivity contribution in [2.45, 2.75) is 64.6 Å². The Hall–Kier alpha value is -1.02. The number of hydrogen-bond acceptors (Lipinski definition) is 2. The van der Waals surface area contributed by atoms with Crippen LogP contribution in [0.15, 0.2) is 18.2 Å². The Morgan fingerprint density at radius 1 is 1.39 bits per heavy atom. The zero-order valence-corrected chi connectivity index (χ0v) is 12.1. The van der Waals surface area contributed by atoms with Gasteiger partial charge in [0.1, 0.15) is 11.4 Å². The van der Waals surface area contributed by atoms with Crippen LogP contribution in [0.2, 0.25) is 0 Å². The fraction of sp³-hybridized carbons (Fsp3) is 0.625. The van der Waals surface area contributed by atoms with E-state index in [9.17, 15) is 5.11 Å². The number of aliphatic hydroxyl groups excluding tert-OH is 1. The van der Waals surface area contributed by atoms with Crippen LogP contribution in [0.3, 0.4) is 0 Å². The summed E-state index contributed by atoms with van der Waals surface area (Å²) in [4.78, 5) is 0. The van der Waals surface area contributed by atoms with E-state index < -0.39 is 6.10 Å². The quantitative estimate of drug-likeness (QED) is 0.858. The summed E-state index contributed by atoms with van der Waals surface area (Å²) in [5, 5.41) is 10.3. The molecule has 0 spiro atoms. The number of rotatable bonds is 2. The highest BCUT2D eigenvalue weighted by atomic mass is 16.5. The summed E-state index contributed by atoms with van der Waals surface area (Å²) in [5.74, 6) is 0.828. The summed E-state index contributed by atoms with van der Waals surface area (Å²) in [7, 11) is 0. The van der Waals surface area contributed by atoms with E-state index in [0.29, 0.717) is 6.42 Å². The molecular formula is C16H24O2. The Morgan fingerprint density at radius 3 is 2.67 bits per heavy atom. The summed E-state index contributed by atoms with van der Waals surface area (Å²) in [5.41, 5.74) is 2.06. The van der Waals surface area contributed by atoms with E-state index in [0.717, 1.165) is 17.7 Å². The summed E-state index contributed by atoms with van der Waals surface area (Å²) < 4.78 is 5.93. The average molecular weight is 248 g/mol. The van der Waals surface area contributed by atoms with Gasteiger partial charge in [0.05, 0.1) is 6.10 Å². The van der Waals surface area contributed by atoms with E-state index in [2.05, 4.69) is 32.9 Å². The number of fused-ring (bicyclic) bond motifs is 1. The van der Waals surface area contributed by atoms with Gasteiger partial charge >= 0.3 is 0 Å². The van der Waals surface area contributed by atoms with Gasteiger partial charge in [-0.1, -0.05) is 26.8 Å². The van der Waals surface area contributed by atoms with E-state index in [1.54, 1.807) is 0 Å². The first-order valence-corrected chi connectivity index (χ1v) is 6.77. The van der Waals surface area contributed by atoms with Gasteiger partial charge in [0.15, 0.2) is 0 Å². The predicted octanol–water partition coefficient (Wildman–Crippen LogP) is 3.97. The van der Waals surface area contributed by atoms with Crippen LogP contribution in [0.4, 0.5) is 0 Å². The van der Waals surface area contributed by atoms with E-state index in [-0.39, 0.29) is 11.0 Å². The highest BCUT2D eigenvalue weighted by molar-refractivity contribution is 5.43. The molecule has 1 heterocycles. The van der Waals surface area contributed by atoms with Gasteiger partial charge in [-0.3, -0.25) is 0 Å². The minimum atomic E-state index is -0.420. The maximum absolute atomic E-state index is 10.3. The Kier molecular flexibility index (Phi) is 3.18. The van der Waals surface area contributed by atoms with Crippen molar-refractivity contribution in [3.8, 4) is 5.75 Å². The molecule has 0 saturated carbocycles. The van der Waals surface area contributed by atoms with E-state index in [1.165, 1.54) is 5.56 Å². The van der Waals surface area contributed by atoms with Gasteiger partial charge < -0.3 is 9.84 Å². The van der Waals surface area contributed by atoms with Gasteiger partial charge in [0.25, 0.3) is 0 Å². The van der Waals surface area contributed by atoms with Crippen LogP contribution in [0, 0.1) is 0 Å². The Morgan fingerprint density at radius 2 is 2.06 bits per heavy atom. The molecular weight excluding hydrogens is 224 g/mol. The van der Waals surface area contributed by atoms with Crippen LogP contribution in [0.5, 0.6) is 5.75 Å². The number of aliphatic hydroxyl groups is 1. The largest absolute Gasteiger partial charge is 0.487 e. The number of benzene rings is 1. The van der Waals surface area contributed by atoms with Crippen LogP contribution in [0.1, 0.15) is 64.7 Å². The van der Waals surface area contributed by atoms with Crippen molar-refractivity contribution in [3.05, 3.63) is 29.3 Å². The van der Waals surface area contributed by atoms with Gasteiger partial charge in [-0.25, -0.2) is 0 Å². The Labute approximate surface area is 110 Å². The SMILES string of the molecule is CCC(C)(C)c1ccc2c(c1)C(O)CC(C)(C)O2. The lowest BCUT2D eigenvalue weighted by Gasteiger charge is -2.36. The molecule has 1 unspecified atom stereocenters. The molecule has 0 saturated heterocycles. The first-order valence-electron chi connectivity index (χ1n) is 6.77. The third-order valence-corrected chi connectivity index (χ3v) is 4.11. The van der Waals surface area contributed by atoms with Crippen LogP contribution in [-0.2, 0) is 5.41 Å². The van der Waals surface area contributed by atoms with E-state index in [1.807, 2.05) is 19.9 Å².